The van der Waals surface area contributed by atoms with Crippen LogP contribution in [-0.2, 0) is 0 Å². The fourth-order valence-corrected chi connectivity index (χ4v) is 1.53. The average Bonchev–Trinajstić information content (AvgIpc) is 2.32. The minimum Gasteiger partial charge on any atom is -0.496 e. The maximum absolute atomic E-state index is 13.5. The van der Waals surface area contributed by atoms with Crippen LogP contribution < -0.4 is 4.74 Å². The molecule has 2 aromatic rings. The molecule has 0 unspecified atom stereocenters. The Morgan fingerprint density at radius 1 is 1.29 bits per heavy atom. The smallest absolute Gasteiger partial charge is 0.223 e. The van der Waals surface area contributed by atoms with E-state index in [0.29, 0.717) is 5.75 Å². The second-order valence-electron chi connectivity index (χ2n) is 3.18. The summed E-state index contributed by atoms with van der Waals surface area (Å²) in [7, 11) is 1.40. The number of methoxy groups -OCH3 is 1. The molecule has 1 aromatic carbocycles. The Morgan fingerprint density at radius 2 is 2.06 bits per heavy atom. The molecule has 88 valence electrons. The molecule has 0 radical (unpaired) electrons. The van der Waals surface area contributed by atoms with Crippen molar-refractivity contribution in [2.24, 2.45) is 0 Å². The molecule has 3 nitrogen and oxygen atoms in total. The predicted octanol–water partition coefficient (Wildman–Crippen LogP) is 3.08. The summed E-state index contributed by atoms with van der Waals surface area (Å²) in [4.78, 5) is 7.21. The van der Waals surface area contributed by atoms with Gasteiger partial charge in [0.15, 0.2) is 5.82 Å². The van der Waals surface area contributed by atoms with Crippen LogP contribution >= 0.6 is 11.6 Å². The lowest BCUT2D eigenvalue weighted by Gasteiger charge is -2.08. The molecule has 0 aliphatic heterocycles. The summed E-state index contributed by atoms with van der Waals surface area (Å²) in [6.07, 6.45) is 0.926. The summed E-state index contributed by atoms with van der Waals surface area (Å²) in [5.74, 6) is -0.909. The summed E-state index contributed by atoms with van der Waals surface area (Å²) in [5.41, 5.74) is 0.0932. The largest absolute Gasteiger partial charge is 0.496 e. The quantitative estimate of drug-likeness (QED) is 0.775. The van der Waals surface area contributed by atoms with Crippen molar-refractivity contribution in [3.63, 3.8) is 0 Å². The van der Waals surface area contributed by atoms with Gasteiger partial charge in [0, 0.05) is 5.56 Å². The van der Waals surface area contributed by atoms with Crippen molar-refractivity contribution in [2.45, 2.75) is 0 Å². The SMILES string of the molecule is COc1ccc(F)cc1-c1nc(Cl)ncc1F. The summed E-state index contributed by atoms with van der Waals surface area (Å²) in [6, 6.07) is 3.73. The molecule has 0 spiro atoms. The number of ether oxygens (including phenoxy) is 1. The highest BCUT2D eigenvalue weighted by Gasteiger charge is 2.14. The number of halogens is 3. The highest BCUT2D eigenvalue weighted by molar-refractivity contribution is 6.28. The third kappa shape index (κ3) is 2.34. The first-order chi connectivity index (χ1) is 8.11. The standard InChI is InChI=1S/C11H7ClF2N2O/c1-17-9-3-2-6(13)4-7(9)10-8(14)5-15-11(12)16-10/h2-5H,1H3. The minimum absolute atomic E-state index is 0.0960. The highest BCUT2D eigenvalue weighted by Crippen LogP contribution is 2.31. The van der Waals surface area contributed by atoms with Crippen molar-refractivity contribution in [1.29, 1.82) is 0 Å². The maximum atomic E-state index is 13.5. The van der Waals surface area contributed by atoms with Gasteiger partial charge in [-0.25, -0.2) is 18.7 Å². The van der Waals surface area contributed by atoms with Gasteiger partial charge in [-0.1, -0.05) is 0 Å². The molecule has 0 N–H and O–H groups in total. The lowest BCUT2D eigenvalue weighted by atomic mass is 10.1. The van der Waals surface area contributed by atoms with Crippen LogP contribution in [0.25, 0.3) is 11.3 Å². The zero-order chi connectivity index (χ0) is 12.4. The van der Waals surface area contributed by atoms with E-state index in [2.05, 4.69) is 9.97 Å². The van der Waals surface area contributed by atoms with Gasteiger partial charge >= 0.3 is 0 Å². The second kappa shape index (κ2) is 4.63. The molecule has 1 aromatic heterocycles. The van der Waals surface area contributed by atoms with Crippen LogP contribution in [0.3, 0.4) is 0 Å². The topological polar surface area (TPSA) is 35.0 Å². The lowest BCUT2D eigenvalue weighted by molar-refractivity contribution is 0.415. The van der Waals surface area contributed by atoms with Gasteiger partial charge < -0.3 is 4.74 Å². The van der Waals surface area contributed by atoms with Crippen molar-refractivity contribution in [1.82, 2.24) is 9.97 Å². The van der Waals surface area contributed by atoms with E-state index in [0.717, 1.165) is 12.3 Å². The van der Waals surface area contributed by atoms with Gasteiger partial charge in [-0.3, -0.25) is 0 Å². The first-order valence-electron chi connectivity index (χ1n) is 4.64. The third-order valence-electron chi connectivity index (χ3n) is 2.13. The Hall–Kier alpha value is -1.75. The van der Waals surface area contributed by atoms with Crippen LogP contribution in [0.5, 0.6) is 5.75 Å². The Morgan fingerprint density at radius 3 is 2.76 bits per heavy atom. The van der Waals surface area contributed by atoms with Gasteiger partial charge in [0.1, 0.15) is 17.3 Å². The van der Waals surface area contributed by atoms with Crippen molar-refractivity contribution < 1.29 is 13.5 Å². The lowest BCUT2D eigenvalue weighted by Crippen LogP contribution is -1.96. The van der Waals surface area contributed by atoms with Crippen LogP contribution in [0.2, 0.25) is 5.28 Å². The van der Waals surface area contributed by atoms with E-state index < -0.39 is 11.6 Å². The van der Waals surface area contributed by atoms with Crippen LogP contribution in [0, 0.1) is 11.6 Å². The molecule has 1 heterocycles. The van der Waals surface area contributed by atoms with Gasteiger partial charge in [0.05, 0.1) is 13.3 Å². The molecule has 0 amide bonds. The monoisotopic (exact) mass is 256 g/mol. The fraction of sp³-hybridized carbons (Fsp3) is 0.0909. The second-order valence-corrected chi connectivity index (χ2v) is 3.52. The zero-order valence-corrected chi connectivity index (χ0v) is 9.50. The molecule has 6 heteroatoms. The minimum atomic E-state index is -0.696. The molecule has 0 saturated heterocycles. The van der Waals surface area contributed by atoms with Gasteiger partial charge in [-0.2, -0.15) is 0 Å². The van der Waals surface area contributed by atoms with E-state index in [4.69, 9.17) is 16.3 Å². The summed E-state index contributed by atoms with van der Waals surface area (Å²) in [6.45, 7) is 0. The third-order valence-corrected chi connectivity index (χ3v) is 2.31. The summed E-state index contributed by atoms with van der Waals surface area (Å²) >= 11 is 5.58. The molecular formula is C11H7ClF2N2O. The molecule has 17 heavy (non-hydrogen) atoms. The van der Waals surface area contributed by atoms with Crippen LogP contribution in [0.4, 0.5) is 8.78 Å². The number of rotatable bonds is 2. The van der Waals surface area contributed by atoms with Gasteiger partial charge in [-0.15, -0.1) is 0 Å². The molecule has 0 bridgehead atoms. The fourth-order valence-electron chi connectivity index (χ4n) is 1.40. The molecule has 2 rings (SSSR count). The molecular weight excluding hydrogens is 250 g/mol. The van der Waals surface area contributed by atoms with Crippen molar-refractivity contribution >= 4 is 11.6 Å². The number of hydrogen-bond acceptors (Lipinski definition) is 3. The van der Waals surface area contributed by atoms with Crippen molar-refractivity contribution in [3.05, 3.63) is 41.3 Å². The normalized spacial score (nSPS) is 10.4. The maximum Gasteiger partial charge on any atom is 0.223 e. The van der Waals surface area contributed by atoms with E-state index in [9.17, 15) is 8.78 Å². The average molecular weight is 257 g/mol. The first kappa shape index (κ1) is 11.7. The Labute approximate surface area is 101 Å². The number of aromatic nitrogens is 2. The van der Waals surface area contributed by atoms with Crippen LogP contribution in [0.15, 0.2) is 24.4 Å². The Bertz CT molecular complexity index is 563. The molecule has 0 atom stereocenters. The first-order valence-corrected chi connectivity index (χ1v) is 5.01. The molecule has 0 fully saturated rings. The molecule has 0 saturated carbocycles. The molecule has 0 aliphatic carbocycles. The van der Waals surface area contributed by atoms with Crippen LogP contribution in [0.1, 0.15) is 0 Å². The zero-order valence-electron chi connectivity index (χ0n) is 8.75. The summed E-state index contributed by atoms with van der Waals surface area (Å²) < 4.78 is 31.7. The Balaban J connectivity index is 2.66. The number of benzene rings is 1. The van der Waals surface area contributed by atoms with E-state index in [1.54, 1.807) is 0 Å². The summed E-state index contributed by atoms with van der Waals surface area (Å²) in [5, 5.41) is -0.118. The van der Waals surface area contributed by atoms with Crippen molar-refractivity contribution in [3.8, 4) is 17.0 Å². The van der Waals surface area contributed by atoms with Crippen molar-refractivity contribution in [2.75, 3.05) is 7.11 Å². The predicted molar refractivity (Wildman–Crippen MR) is 58.9 cm³/mol. The van der Waals surface area contributed by atoms with Gasteiger partial charge in [0.25, 0.3) is 0 Å². The van der Waals surface area contributed by atoms with Crippen LogP contribution in [-0.4, -0.2) is 17.1 Å². The Kier molecular flexibility index (Phi) is 3.19. The molecule has 0 aliphatic rings. The van der Waals surface area contributed by atoms with Gasteiger partial charge in [-0.05, 0) is 29.8 Å². The van der Waals surface area contributed by atoms with Gasteiger partial charge in [0.2, 0.25) is 5.28 Å². The van der Waals surface area contributed by atoms with E-state index in [1.807, 2.05) is 0 Å². The highest BCUT2D eigenvalue weighted by atomic mass is 35.5. The number of hydrogen-bond donors (Lipinski definition) is 0. The van der Waals surface area contributed by atoms with E-state index >= 15 is 0 Å². The number of nitrogens with zero attached hydrogens (tertiary/aromatic N) is 2. The van der Waals surface area contributed by atoms with E-state index in [1.165, 1.54) is 19.2 Å². The van der Waals surface area contributed by atoms with E-state index in [-0.39, 0.29) is 16.5 Å².